The van der Waals surface area contributed by atoms with Crippen LogP contribution in [0.1, 0.15) is 42.5 Å². The van der Waals surface area contributed by atoms with Crippen molar-refractivity contribution in [2.75, 3.05) is 12.3 Å². The van der Waals surface area contributed by atoms with Crippen LogP contribution in [-0.4, -0.2) is 43.4 Å². The van der Waals surface area contributed by atoms with Crippen LogP contribution in [0.4, 0.5) is 4.39 Å². The van der Waals surface area contributed by atoms with Crippen molar-refractivity contribution in [1.29, 1.82) is 0 Å². The van der Waals surface area contributed by atoms with Crippen LogP contribution in [-0.2, 0) is 14.9 Å². The van der Waals surface area contributed by atoms with Crippen LogP contribution in [0.15, 0.2) is 24.3 Å². The number of hydrogen-bond acceptors (Lipinski definition) is 5. The minimum absolute atomic E-state index is 0.120. The van der Waals surface area contributed by atoms with Crippen molar-refractivity contribution in [3.8, 4) is 0 Å². The van der Waals surface area contributed by atoms with Crippen molar-refractivity contribution in [1.82, 2.24) is 5.32 Å². The molecule has 0 radical (unpaired) electrons. The van der Waals surface area contributed by atoms with Crippen LogP contribution < -0.4 is 5.32 Å². The molecule has 134 valence electrons. The molecule has 1 saturated carbocycles. The maximum atomic E-state index is 12.9. The lowest BCUT2D eigenvalue weighted by Crippen LogP contribution is -2.41. The zero-order valence-electron chi connectivity index (χ0n) is 13.3. The molecular formula is C16H22FNO5S. The number of ether oxygens (including phenoxy) is 1. The third kappa shape index (κ3) is 6.54. The molecule has 0 heterocycles. The van der Waals surface area contributed by atoms with E-state index in [1.807, 2.05) is 0 Å². The summed E-state index contributed by atoms with van der Waals surface area (Å²) in [5.74, 6) is -1.92. The van der Waals surface area contributed by atoms with Crippen molar-refractivity contribution in [3.63, 3.8) is 0 Å². The van der Waals surface area contributed by atoms with Gasteiger partial charge in [0.1, 0.15) is 17.7 Å². The van der Waals surface area contributed by atoms with E-state index in [9.17, 15) is 17.6 Å². The van der Waals surface area contributed by atoms with Gasteiger partial charge in [-0.2, -0.15) is 8.42 Å². The van der Waals surface area contributed by atoms with Crippen molar-refractivity contribution in [2.45, 2.75) is 44.2 Å². The van der Waals surface area contributed by atoms with E-state index in [4.69, 9.17) is 9.29 Å². The van der Waals surface area contributed by atoms with Gasteiger partial charge in [-0.15, -0.1) is 0 Å². The fourth-order valence-electron chi connectivity index (χ4n) is 2.78. The van der Waals surface area contributed by atoms with Crippen molar-refractivity contribution in [2.24, 2.45) is 0 Å². The molecule has 2 rings (SSSR count). The van der Waals surface area contributed by atoms with Gasteiger partial charge < -0.3 is 10.1 Å². The first-order valence-electron chi connectivity index (χ1n) is 7.98. The maximum Gasteiger partial charge on any atom is 0.338 e. The number of benzene rings is 1. The lowest BCUT2D eigenvalue weighted by Gasteiger charge is -2.25. The average Bonchev–Trinajstić information content (AvgIpc) is 2.53. The molecule has 1 aliphatic rings. The molecule has 0 aliphatic heterocycles. The number of carbonyl (C=O) groups excluding carboxylic acids is 1. The Morgan fingerprint density at radius 3 is 2.46 bits per heavy atom. The number of halogens is 1. The van der Waals surface area contributed by atoms with Crippen LogP contribution in [0.3, 0.4) is 0 Å². The summed E-state index contributed by atoms with van der Waals surface area (Å²) in [5.41, 5.74) is 0.120. The lowest BCUT2D eigenvalue weighted by atomic mass is 9.95. The first kappa shape index (κ1) is 18.8. The van der Waals surface area contributed by atoms with Gasteiger partial charge in [0, 0.05) is 12.6 Å². The van der Waals surface area contributed by atoms with Gasteiger partial charge in [-0.1, -0.05) is 19.3 Å². The summed E-state index contributed by atoms with van der Waals surface area (Å²) in [5, 5.41) is 3.20. The van der Waals surface area contributed by atoms with Crippen LogP contribution >= 0.6 is 0 Å². The highest BCUT2D eigenvalue weighted by Gasteiger charge is 2.23. The Hall–Kier alpha value is -1.51. The predicted molar refractivity (Wildman–Crippen MR) is 86.9 cm³/mol. The minimum atomic E-state index is -4.29. The first-order valence-corrected chi connectivity index (χ1v) is 9.59. The SMILES string of the molecule is O=C(OC(CNC1CCCCC1)CS(=O)(=O)O)c1ccc(F)cc1. The highest BCUT2D eigenvalue weighted by atomic mass is 32.2. The molecule has 0 aromatic heterocycles. The van der Waals surface area contributed by atoms with E-state index in [0.717, 1.165) is 37.8 Å². The van der Waals surface area contributed by atoms with Gasteiger partial charge in [-0.05, 0) is 37.1 Å². The van der Waals surface area contributed by atoms with Crippen LogP contribution in [0.2, 0.25) is 0 Å². The molecule has 1 aliphatic carbocycles. The lowest BCUT2D eigenvalue weighted by molar-refractivity contribution is 0.0338. The van der Waals surface area contributed by atoms with Gasteiger partial charge in [0.25, 0.3) is 10.1 Å². The zero-order valence-corrected chi connectivity index (χ0v) is 14.1. The molecule has 24 heavy (non-hydrogen) atoms. The number of esters is 1. The maximum absolute atomic E-state index is 12.9. The number of carbonyl (C=O) groups is 1. The molecule has 8 heteroatoms. The normalized spacial score (nSPS) is 17.4. The number of hydrogen-bond donors (Lipinski definition) is 2. The highest BCUT2D eigenvalue weighted by Crippen LogP contribution is 2.17. The second-order valence-corrected chi connectivity index (χ2v) is 7.52. The predicted octanol–water partition coefficient (Wildman–Crippen LogP) is 2.16. The largest absolute Gasteiger partial charge is 0.456 e. The Morgan fingerprint density at radius 2 is 1.88 bits per heavy atom. The Bertz CT molecular complexity index is 641. The molecule has 0 saturated heterocycles. The van der Waals surface area contributed by atoms with Gasteiger partial charge in [0.15, 0.2) is 0 Å². The van der Waals surface area contributed by atoms with Gasteiger partial charge in [-0.3, -0.25) is 4.55 Å². The van der Waals surface area contributed by atoms with E-state index in [1.54, 1.807) is 0 Å². The molecule has 0 spiro atoms. The second-order valence-electron chi connectivity index (χ2n) is 6.03. The summed E-state index contributed by atoms with van der Waals surface area (Å²) in [6, 6.07) is 5.02. The summed E-state index contributed by atoms with van der Waals surface area (Å²) < 4.78 is 49.4. The van der Waals surface area contributed by atoms with Crippen molar-refractivity contribution < 1.29 is 26.9 Å². The van der Waals surface area contributed by atoms with E-state index in [2.05, 4.69) is 5.32 Å². The fraction of sp³-hybridized carbons (Fsp3) is 0.562. The monoisotopic (exact) mass is 359 g/mol. The molecular weight excluding hydrogens is 337 g/mol. The van der Waals surface area contributed by atoms with Crippen LogP contribution in [0, 0.1) is 5.82 Å². The smallest absolute Gasteiger partial charge is 0.338 e. The Kier molecular flexibility index (Phi) is 6.70. The Labute approximate surface area is 141 Å². The first-order chi connectivity index (χ1) is 11.3. The van der Waals surface area contributed by atoms with E-state index < -0.39 is 33.8 Å². The average molecular weight is 359 g/mol. The van der Waals surface area contributed by atoms with Gasteiger partial charge in [-0.25, -0.2) is 9.18 Å². The fourth-order valence-corrected chi connectivity index (χ4v) is 3.44. The second kappa shape index (κ2) is 8.55. The summed E-state index contributed by atoms with van der Waals surface area (Å²) in [4.78, 5) is 12.1. The van der Waals surface area contributed by atoms with Crippen molar-refractivity contribution >= 4 is 16.1 Å². The van der Waals surface area contributed by atoms with Gasteiger partial charge in [0.2, 0.25) is 0 Å². The topological polar surface area (TPSA) is 92.7 Å². The van der Waals surface area contributed by atoms with Gasteiger partial charge in [0.05, 0.1) is 5.56 Å². The Balaban J connectivity index is 1.96. The minimum Gasteiger partial charge on any atom is -0.456 e. The van der Waals surface area contributed by atoms with Crippen molar-refractivity contribution in [3.05, 3.63) is 35.6 Å². The third-order valence-corrected chi connectivity index (χ3v) is 4.78. The summed E-state index contributed by atoms with van der Waals surface area (Å²) in [6.45, 7) is 0.136. The molecule has 1 aromatic rings. The summed E-state index contributed by atoms with van der Waals surface area (Å²) in [7, 11) is -4.29. The zero-order chi connectivity index (χ0) is 17.6. The van der Waals surface area contributed by atoms with E-state index >= 15 is 0 Å². The highest BCUT2D eigenvalue weighted by molar-refractivity contribution is 7.85. The number of nitrogens with one attached hydrogen (secondary N) is 1. The van der Waals surface area contributed by atoms with Crippen LogP contribution in [0.25, 0.3) is 0 Å². The van der Waals surface area contributed by atoms with Gasteiger partial charge >= 0.3 is 5.97 Å². The molecule has 6 nitrogen and oxygen atoms in total. The standard InChI is InChI=1S/C16H22FNO5S/c17-13-8-6-12(7-9-13)16(19)23-15(11-24(20,21)22)10-18-14-4-2-1-3-5-14/h6-9,14-15,18H,1-5,10-11H2,(H,20,21,22). The molecule has 1 unspecified atom stereocenters. The quantitative estimate of drug-likeness (QED) is 0.572. The van der Waals surface area contributed by atoms with E-state index in [-0.39, 0.29) is 18.2 Å². The molecule has 1 aromatic carbocycles. The summed E-state index contributed by atoms with van der Waals surface area (Å²) in [6.07, 6.45) is 4.37. The molecule has 2 N–H and O–H groups in total. The number of rotatable bonds is 7. The molecule has 1 fully saturated rings. The Morgan fingerprint density at radius 1 is 1.25 bits per heavy atom. The summed E-state index contributed by atoms with van der Waals surface area (Å²) >= 11 is 0. The molecule has 1 atom stereocenters. The molecule has 0 bridgehead atoms. The van der Waals surface area contributed by atoms with E-state index in [0.29, 0.717) is 0 Å². The van der Waals surface area contributed by atoms with Crippen LogP contribution in [0.5, 0.6) is 0 Å². The van der Waals surface area contributed by atoms with E-state index in [1.165, 1.54) is 18.6 Å². The third-order valence-electron chi connectivity index (χ3n) is 3.99. The molecule has 0 amide bonds.